The molecule has 0 unspecified atom stereocenters. The molecule has 64 valence electrons. The third-order valence-electron chi connectivity index (χ3n) is 1.36. The third kappa shape index (κ3) is 1.87. The Labute approximate surface area is 82.5 Å². The van der Waals surface area contributed by atoms with Crippen molar-refractivity contribution in [3.05, 3.63) is 28.0 Å². The van der Waals surface area contributed by atoms with Gasteiger partial charge in [0, 0.05) is 10.0 Å². The van der Waals surface area contributed by atoms with Gasteiger partial charge in [-0.3, -0.25) is 4.79 Å². The van der Waals surface area contributed by atoms with Crippen LogP contribution in [0.25, 0.3) is 0 Å². The Balaban J connectivity index is 3.27. The molecule has 0 radical (unpaired) electrons. The summed E-state index contributed by atoms with van der Waals surface area (Å²) >= 11 is 4.48. The maximum atomic E-state index is 13.1. The lowest BCUT2D eigenvalue weighted by Gasteiger charge is -2.02. The number of aldehydes is 1. The van der Waals surface area contributed by atoms with E-state index in [1.54, 1.807) is 12.3 Å². The van der Waals surface area contributed by atoms with E-state index in [-0.39, 0.29) is 5.82 Å². The Kier molecular flexibility index (Phi) is 3.29. The summed E-state index contributed by atoms with van der Waals surface area (Å²) in [5.74, 6) is -0.362. The summed E-state index contributed by atoms with van der Waals surface area (Å²) < 4.78 is 13.7. The molecule has 0 fully saturated rings. The number of rotatable bonds is 2. The summed E-state index contributed by atoms with van der Waals surface area (Å²) in [5.41, 5.74) is 0.345. The predicted molar refractivity (Wildman–Crippen MR) is 51.3 cm³/mol. The van der Waals surface area contributed by atoms with Crippen molar-refractivity contribution >= 4 is 34.0 Å². The second-order valence-electron chi connectivity index (χ2n) is 2.14. The van der Waals surface area contributed by atoms with Crippen LogP contribution in [-0.2, 0) is 0 Å². The number of carbonyl (C=O) groups is 1. The fourth-order valence-electron chi connectivity index (χ4n) is 0.843. The zero-order chi connectivity index (χ0) is 9.14. The molecule has 4 heteroatoms. The van der Waals surface area contributed by atoms with E-state index in [4.69, 9.17) is 0 Å². The highest BCUT2D eigenvalue weighted by Gasteiger charge is 2.07. The molecule has 0 spiro atoms. The quantitative estimate of drug-likeness (QED) is 0.591. The number of benzene rings is 1. The maximum absolute atomic E-state index is 13.1. The fourth-order valence-corrected chi connectivity index (χ4v) is 2.29. The molecule has 0 N–H and O–H groups in total. The van der Waals surface area contributed by atoms with Gasteiger partial charge in [-0.1, -0.05) is 0 Å². The second-order valence-corrected chi connectivity index (χ2v) is 3.81. The summed E-state index contributed by atoms with van der Waals surface area (Å²) in [6, 6.07) is 2.82. The highest BCUT2D eigenvalue weighted by molar-refractivity contribution is 9.10. The second kappa shape index (κ2) is 4.05. The number of carbonyl (C=O) groups excluding carboxylic acids is 1. The van der Waals surface area contributed by atoms with Crippen molar-refractivity contribution in [1.29, 1.82) is 0 Å². The summed E-state index contributed by atoms with van der Waals surface area (Å²) in [6.45, 7) is 0. The molecular formula is C8H6BrFOS. The zero-order valence-electron chi connectivity index (χ0n) is 6.30. The smallest absolute Gasteiger partial charge is 0.150 e. The lowest BCUT2D eigenvalue weighted by atomic mass is 10.2. The van der Waals surface area contributed by atoms with E-state index >= 15 is 0 Å². The van der Waals surface area contributed by atoms with Crippen LogP contribution in [0, 0.1) is 5.82 Å². The largest absolute Gasteiger partial charge is 0.298 e. The molecule has 0 aromatic heterocycles. The molecule has 0 aliphatic heterocycles. The number of halogens is 2. The summed E-state index contributed by atoms with van der Waals surface area (Å²) in [5, 5.41) is 0. The van der Waals surface area contributed by atoms with Crippen molar-refractivity contribution in [1.82, 2.24) is 0 Å². The van der Waals surface area contributed by atoms with Gasteiger partial charge in [-0.15, -0.1) is 11.8 Å². The maximum Gasteiger partial charge on any atom is 0.150 e. The minimum atomic E-state index is -0.362. The Morgan fingerprint density at radius 3 is 2.67 bits per heavy atom. The van der Waals surface area contributed by atoms with Crippen LogP contribution in [0.4, 0.5) is 4.39 Å². The molecule has 12 heavy (non-hydrogen) atoms. The van der Waals surface area contributed by atoms with Crippen molar-refractivity contribution in [3.8, 4) is 0 Å². The van der Waals surface area contributed by atoms with Crippen LogP contribution < -0.4 is 0 Å². The predicted octanol–water partition coefficient (Wildman–Crippen LogP) is 3.12. The molecule has 0 aliphatic rings. The molecule has 1 rings (SSSR count). The molecule has 0 saturated heterocycles. The van der Waals surface area contributed by atoms with Gasteiger partial charge >= 0.3 is 0 Å². The van der Waals surface area contributed by atoms with Gasteiger partial charge in [0.2, 0.25) is 0 Å². The molecule has 0 aliphatic carbocycles. The van der Waals surface area contributed by atoms with Crippen LogP contribution in [0.3, 0.4) is 0 Å². The first-order valence-electron chi connectivity index (χ1n) is 3.17. The molecule has 1 nitrogen and oxygen atoms in total. The summed E-state index contributed by atoms with van der Waals surface area (Å²) in [7, 11) is 0. The van der Waals surface area contributed by atoms with Gasteiger partial charge in [0.15, 0.2) is 0 Å². The van der Waals surface area contributed by atoms with E-state index in [1.165, 1.54) is 17.8 Å². The summed E-state index contributed by atoms with van der Waals surface area (Å²) in [6.07, 6.45) is 2.40. The molecule has 1 aromatic rings. The van der Waals surface area contributed by atoms with Gasteiger partial charge < -0.3 is 0 Å². The molecule has 0 saturated carbocycles. The van der Waals surface area contributed by atoms with Crippen LogP contribution in [0.5, 0.6) is 0 Å². The van der Waals surface area contributed by atoms with Gasteiger partial charge in [0.25, 0.3) is 0 Å². The lowest BCUT2D eigenvalue weighted by Crippen LogP contribution is -1.87. The minimum Gasteiger partial charge on any atom is -0.298 e. The number of hydrogen-bond acceptors (Lipinski definition) is 2. The van der Waals surface area contributed by atoms with Gasteiger partial charge in [-0.25, -0.2) is 4.39 Å². The van der Waals surface area contributed by atoms with Crippen molar-refractivity contribution in [2.24, 2.45) is 0 Å². The number of hydrogen-bond donors (Lipinski definition) is 0. The van der Waals surface area contributed by atoms with Gasteiger partial charge in [-0.2, -0.15) is 0 Å². The monoisotopic (exact) mass is 248 g/mol. The minimum absolute atomic E-state index is 0.345. The Morgan fingerprint density at radius 1 is 1.58 bits per heavy atom. The highest BCUT2D eigenvalue weighted by Crippen LogP contribution is 2.29. The average Bonchev–Trinajstić information content (AvgIpc) is 2.03. The van der Waals surface area contributed by atoms with Crippen molar-refractivity contribution < 1.29 is 9.18 Å². The van der Waals surface area contributed by atoms with Crippen LogP contribution in [0.1, 0.15) is 10.4 Å². The van der Waals surface area contributed by atoms with Crippen molar-refractivity contribution in [3.63, 3.8) is 0 Å². The first-order valence-corrected chi connectivity index (χ1v) is 5.19. The standard InChI is InChI=1S/C8H6BrFOS/c1-12-8-6(9)2-5(4-11)3-7(8)10/h2-4H,1H3. The normalized spacial score (nSPS) is 9.92. The number of thioether (sulfide) groups is 1. The molecular weight excluding hydrogens is 243 g/mol. The fraction of sp³-hybridized carbons (Fsp3) is 0.125. The molecule has 0 atom stereocenters. The first-order chi connectivity index (χ1) is 5.69. The van der Waals surface area contributed by atoms with Gasteiger partial charge in [0.05, 0.1) is 4.90 Å². The van der Waals surface area contributed by atoms with Crippen LogP contribution in [0.15, 0.2) is 21.5 Å². The summed E-state index contributed by atoms with van der Waals surface area (Å²) in [4.78, 5) is 10.8. The van der Waals surface area contributed by atoms with E-state index in [1.807, 2.05) is 0 Å². The first kappa shape index (κ1) is 9.74. The van der Waals surface area contributed by atoms with E-state index in [0.717, 1.165) is 0 Å². The molecule has 1 aromatic carbocycles. The molecule has 0 bridgehead atoms. The third-order valence-corrected chi connectivity index (χ3v) is 3.07. The lowest BCUT2D eigenvalue weighted by molar-refractivity contribution is 0.112. The van der Waals surface area contributed by atoms with E-state index in [2.05, 4.69) is 15.9 Å². The zero-order valence-corrected chi connectivity index (χ0v) is 8.71. The van der Waals surface area contributed by atoms with Gasteiger partial charge in [-0.05, 0) is 34.3 Å². The SMILES string of the molecule is CSc1c(F)cc(C=O)cc1Br. The van der Waals surface area contributed by atoms with Crippen molar-refractivity contribution in [2.45, 2.75) is 4.90 Å². The van der Waals surface area contributed by atoms with Crippen LogP contribution in [-0.4, -0.2) is 12.5 Å². The van der Waals surface area contributed by atoms with E-state index in [0.29, 0.717) is 21.2 Å². The van der Waals surface area contributed by atoms with E-state index < -0.39 is 0 Å². The molecule has 0 heterocycles. The molecule has 0 amide bonds. The highest BCUT2D eigenvalue weighted by atomic mass is 79.9. The Hall–Kier alpha value is -0.350. The van der Waals surface area contributed by atoms with Crippen LogP contribution in [0.2, 0.25) is 0 Å². The average molecular weight is 249 g/mol. The van der Waals surface area contributed by atoms with Gasteiger partial charge in [0.1, 0.15) is 12.1 Å². The van der Waals surface area contributed by atoms with E-state index in [9.17, 15) is 9.18 Å². The Bertz CT molecular complexity index is 291. The Morgan fingerprint density at radius 2 is 2.25 bits per heavy atom. The van der Waals surface area contributed by atoms with Crippen LogP contribution >= 0.6 is 27.7 Å². The van der Waals surface area contributed by atoms with Crippen molar-refractivity contribution in [2.75, 3.05) is 6.26 Å². The topological polar surface area (TPSA) is 17.1 Å².